The molecule has 8 N–H and O–H groups in total. The Labute approximate surface area is 768 Å². The van der Waals surface area contributed by atoms with Crippen LogP contribution in [0.15, 0.2) is 149 Å². The Hall–Kier alpha value is -10.9. The zero-order chi connectivity index (χ0) is 94.7. The van der Waals surface area contributed by atoms with Crippen LogP contribution >= 0.6 is 0 Å². The molecule has 3 aromatic carbocycles. The molecular weight excluding hydrogens is 1630 g/mol. The van der Waals surface area contributed by atoms with Crippen molar-refractivity contribution in [1.29, 1.82) is 0 Å². The van der Waals surface area contributed by atoms with Gasteiger partial charge in [0.15, 0.2) is 11.6 Å². The number of aromatic hydroxyl groups is 3. The van der Waals surface area contributed by atoms with Gasteiger partial charge in [-0.2, -0.15) is 0 Å². The number of hydrogen-bond acceptors (Lipinski definition) is 20. The molecule has 2 amide bonds. The number of nitrogens with one attached hydrogen (secondary N) is 1. The van der Waals surface area contributed by atoms with Crippen LogP contribution in [0.3, 0.4) is 0 Å². The minimum absolute atomic E-state index is 0.00706. The molecule has 694 valence electrons. The number of unbranched alkanes of at least 4 members (excludes halogenated alkanes) is 2. The van der Waals surface area contributed by atoms with Crippen LogP contribution in [-0.4, -0.2) is 171 Å². The van der Waals surface area contributed by atoms with Crippen molar-refractivity contribution < 1.29 is 69.3 Å². The highest BCUT2D eigenvalue weighted by molar-refractivity contribution is 6.44. The number of nitrogens with zero attached hydrogens (tertiary/aromatic N) is 7. The summed E-state index contributed by atoms with van der Waals surface area (Å²) in [5, 5.41) is 82.9. The fourth-order valence-corrected chi connectivity index (χ4v) is 23.8. The number of aliphatic hydroxyl groups is 4. The van der Waals surface area contributed by atoms with E-state index in [1.165, 1.54) is 34.7 Å². The second-order valence-electron chi connectivity index (χ2n) is 42.0. The van der Waals surface area contributed by atoms with E-state index in [1.807, 2.05) is 88.3 Å². The molecule has 0 saturated carbocycles. The van der Waals surface area contributed by atoms with Crippen LogP contribution in [-0.2, 0) is 57.2 Å². The van der Waals surface area contributed by atoms with Crippen LogP contribution < -0.4 is 20.0 Å². The minimum Gasteiger partial charge on any atom is -0.507 e. The molecule has 130 heavy (non-hydrogen) atoms. The van der Waals surface area contributed by atoms with Gasteiger partial charge in [-0.05, 0) is 212 Å². The number of phenolic OH excluding ortho intramolecular Hbond substituents is 3. The van der Waals surface area contributed by atoms with Gasteiger partial charge in [0, 0.05) is 205 Å². The van der Waals surface area contributed by atoms with Crippen LogP contribution in [0.5, 0.6) is 17.2 Å². The van der Waals surface area contributed by atoms with E-state index in [0.29, 0.717) is 50.6 Å². The van der Waals surface area contributed by atoms with Crippen LogP contribution in [0.1, 0.15) is 295 Å². The Morgan fingerprint density at radius 1 is 0.485 bits per heavy atom. The van der Waals surface area contributed by atoms with Crippen LogP contribution in [0.2, 0.25) is 0 Å². The maximum atomic E-state index is 14.7. The van der Waals surface area contributed by atoms with E-state index in [4.69, 9.17) is 4.99 Å². The standard InChI is InChI=1S/C44H58N4O4.C32H40N2O6.C32H40N2O4/c1-5-9-15-27(7-3)43(51)45-37-31-19-13-23-47-21-11-17-29(39(31)47)25-33(37)35-41(49)36(42(35)50)34-26-30-18-12-22-48-24-14-20-32(40(30)48)38(34)46-44(52)28(8-4)16-10-6-2;1-13(2)33-15(5)31(7,8)25-17(33)11-19(35)21(29(25)39)23-27(37)24(28(23)38)22-20(36)12-18-26(30(22)40)32(9,10)16(6)34(18)14(3)4;1-15(2)33-17(5)31(7,8)21-11-19(25(35)13-23(21)33)27-29(37)28(30(27)38)20-12-22-24(14-26(20)36)34(16(3)4)18(6)32(22,9)10/h25-28,49H,5-24H2,1-4H3,(H,45,51);11-16,35,37,39-40H,1-10H3;11-18,35,37H,1-10H3/b36-34+,46-38?;24-22-;28-20+. The number of ketones is 5. The topological polar surface area (TPSA) is 305 Å². The lowest BCUT2D eigenvalue weighted by atomic mass is 9.73. The van der Waals surface area contributed by atoms with E-state index in [0.717, 1.165) is 163 Å². The highest BCUT2D eigenvalue weighted by atomic mass is 16.3. The number of benzene rings is 3. The lowest BCUT2D eigenvalue weighted by Crippen LogP contribution is -2.42. The second-order valence-corrected chi connectivity index (χ2v) is 42.0. The van der Waals surface area contributed by atoms with Gasteiger partial charge in [-0.15, -0.1) is 0 Å². The fraction of sp³-hybridized carbons (Fsp3) is 0.537. The number of fused-ring (bicyclic) bond motifs is 4. The number of aliphatic imine (C=N–C) groups is 1. The number of aliphatic hydroxyl groups excluding tert-OH is 4. The molecule has 0 radical (unpaired) electrons. The van der Waals surface area contributed by atoms with E-state index in [9.17, 15) is 69.3 Å². The summed E-state index contributed by atoms with van der Waals surface area (Å²) in [5.41, 5.74) is 14.3. The van der Waals surface area contributed by atoms with Gasteiger partial charge in [-0.25, -0.2) is 4.99 Å². The highest BCUT2D eigenvalue weighted by Gasteiger charge is 2.56. The smallest absolute Gasteiger partial charge is 0.249 e. The Morgan fingerprint density at radius 3 is 1.58 bits per heavy atom. The van der Waals surface area contributed by atoms with Gasteiger partial charge in [0.1, 0.15) is 40.3 Å². The number of anilines is 4. The molecule has 6 unspecified atom stereocenters. The Morgan fingerprint density at radius 2 is 0.992 bits per heavy atom. The molecular formula is C108H138N8O14. The third kappa shape index (κ3) is 14.6. The van der Waals surface area contributed by atoms with Crippen LogP contribution in [0, 0.1) is 22.7 Å². The molecule has 22 heteroatoms. The third-order valence-electron chi connectivity index (χ3n) is 31.9. The highest BCUT2D eigenvalue weighted by Crippen LogP contribution is 2.61. The maximum absolute atomic E-state index is 14.7. The summed E-state index contributed by atoms with van der Waals surface area (Å²) < 4.78 is 0. The quantitative estimate of drug-likeness (QED) is 0.0549. The van der Waals surface area contributed by atoms with Gasteiger partial charge in [0.05, 0.1) is 56.0 Å². The van der Waals surface area contributed by atoms with Crippen molar-refractivity contribution in [3.05, 3.63) is 183 Å². The first-order chi connectivity index (χ1) is 61.2. The molecule has 6 aliphatic carbocycles. The monoisotopic (exact) mass is 1770 g/mol. The van der Waals surface area contributed by atoms with E-state index in [2.05, 4.69) is 131 Å². The first-order valence-corrected chi connectivity index (χ1v) is 48.3. The summed E-state index contributed by atoms with van der Waals surface area (Å²) >= 11 is 0. The number of aryl methyl sites for hydroxylation is 1. The molecule has 17 rings (SSSR count). The molecule has 6 atom stereocenters. The molecule has 0 spiro atoms. The van der Waals surface area contributed by atoms with E-state index in [-0.39, 0.29) is 179 Å². The fourth-order valence-electron chi connectivity index (χ4n) is 23.8. The number of rotatable bonds is 18. The number of hydrogen-bond donors (Lipinski definition) is 8. The molecule has 8 heterocycles. The Kier molecular flexibility index (Phi) is 24.8. The number of carbonyl (C=O) groups is 7. The average molecular weight is 1770 g/mol. The van der Waals surface area contributed by atoms with E-state index < -0.39 is 33.9 Å². The van der Waals surface area contributed by atoms with Gasteiger partial charge >= 0.3 is 0 Å². The second kappa shape index (κ2) is 34.4. The molecule has 8 aliphatic heterocycles. The lowest BCUT2D eigenvalue weighted by Gasteiger charge is -2.42. The minimum atomic E-state index is -0.718. The predicted molar refractivity (Wildman–Crippen MR) is 515 cm³/mol. The lowest BCUT2D eigenvalue weighted by molar-refractivity contribution is -0.122. The van der Waals surface area contributed by atoms with Crippen molar-refractivity contribution >= 4 is 85.9 Å². The Balaban J connectivity index is 0.000000152. The number of amides is 2. The zero-order valence-corrected chi connectivity index (χ0v) is 81.2. The summed E-state index contributed by atoms with van der Waals surface area (Å²) in [6.45, 7) is 53.8. The predicted octanol–water partition coefficient (Wildman–Crippen LogP) is 20.5. The largest absolute Gasteiger partial charge is 0.507 e. The van der Waals surface area contributed by atoms with Crippen molar-refractivity contribution in [3.8, 4) is 17.2 Å². The maximum Gasteiger partial charge on any atom is 0.249 e. The van der Waals surface area contributed by atoms with E-state index in [1.54, 1.807) is 18.2 Å². The molecule has 0 bridgehead atoms. The number of phenols is 3. The van der Waals surface area contributed by atoms with Crippen LogP contribution in [0.4, 0.5) is 22.7 Å². The summed E-state index contributed by atoms with van der Waals surface area (Å²) in [7, 11) is 0. The third-order valence-corrected chi connectivity index (χ3v) is 31.9. The normalized spacial score (nSPS) is 25.6. The van der Waals surface area contributed by atoms with Crippen molar-refractivity contribution in [2.75, 3.05) is 46.2 Å². The van der Waals surface area contributed by atoms with Crippen molar-refractivity contribution in [2.45, 2.75) is 328 Å². The van der Waals surface area contributed by atoms with Gasteiger partial charge in [-0.1, -0.05) is 109 Å². The number of allylic oxidation sites excluding steroid dienone is 17. The first-order valence-electron chi connectivity index (χ1n) is 48.3. The Bertz CT molecular complexity index is 5860. The van der Waals surface area contributed by atoms with Gasteiger partial charge in [-0.3, -0.25) is 33.6 Å². The summed E-state index contributed by atoms with van der Waals surface area (Å²) in [6, 6.07) is 8.10. The average Bonchev–Trinajstić information content (AvgIpc) is 1.67. The molecule has 3 aromatic rings. The number of Topliss-reactive ketones (excluding diaryl/α,β-unsaturated/α-hetero) is 3. The molecule has 22 nitrogen and oxygen atoms in total. The molecule has 3 fully saturated rings. The molecule has 3 saturated heterocycles. The SMILES string of the molecule is CC(C)N1C2=CC(=O)/C(=C3/C(=O)C(c4c(O)cc5c(c4O)C(C)(C)C(C)N5C(C)C)=C3O)C(O)=C2C(C)(C)C1C.CC(C)N1C2=CC(=O)/C(=C3/C(=O)C(c4cc5c(cc4O)N(C(C)C)C(C)C5(C)C)=C3O)C=C2C(C)(C)C1C.CCCCC(CC)C(=O)N=C1C2=C3C(=C/C1=C1\C(=O)C(c4cc5c6c(c4NC(=O)C(CC)CCCC)CCCN6CCC5)=C1O)CCCN3CCC2. The first kappa shape index (κ1) is 93.8. The van der Waals surface area contributed by atoms with Crippen molar-refractivity contribution in [2.24, 2.45) is 27.7 Å². The van der Waals surface area contributed by atoms with Crippen molar-refractivity contribution in [3.63, 3.8) is 0 Å². The van der Waals surface area contributed by atoms with E-state index >= 15 is 0 Å². The molecule has 14 aliphatic rings. The van der Waals surface area contributed by atoms with Gasteiger partial charge < -0.3 is 70.5 Å². The summed E-state index contributed by atoms with van der Waals surface area (Å²) in [5.74, 6) is -4.44. The summed E-state index contributed by atoms with van der Waals surface area (Å²) in [4.78, 5) is 115. The van der Waals surface area contributed by atoms with Gasteiger partial charge in [0.2, 0.25) is 29.2 Å². The number of carbonyl (C=O) groups excluding carboxylic acids is 7. The summed E-state index contributed by atoms with van der Waals surface area (Å²) in [6.07, 6.45) is 21.4. The zero-order valence-electron chi connectivity index (χ0n) is 81.2. The van der Waals surface area contributed by atoms with Crippen molar-refractivity contribution in [1.82, 2.24) is 14.7 Å². The number of piperidine rings is 1. The van der Waals surface area contributed by atoms with Gasteiger partial charge in [0.25, 0.3) is 0 Å². The van der Waals surface area contributed by atoms with Crippen LogP contribution in [0.25, 0.3) is 16.7 Å². The molecule has 0 aromatic heterocycles. The number of likely N-dealkylation sites (tertiary alicyclic amines) is 2.